The van der Waals surface area contributed by atoms with Gasteiger partial charge in [-0.3, -0.25) is 0 Å². The highest BCUT2D eigenvalue weighted by atomic mass is 35.5. The smallest absolute Gasteiger partial charge is 0.370 e. The van der Waals surface area contributed by atoms with Crippen molar-refractivity contribution in [1.82, 2.24) is 9.97 Å². The van der Waals surface area contributed by atoms with Crippen LogP contribution in [0.15, 0.2) is 24.5 Å². The molecule has 2 aromatic rings. The monoisotopic (exact) mass is 555 g/mol. The van der Waals surface area contributed by atoms with Gasteiger partial charge in [-0.25, -0.2) is 13.8 Å². The van der Waals surface area contributed by atoms with E-state index in [1.165, 1.54) is 17.0 Å². The Morgan fingerprint density at radius 1 is 0.757 bits per heavy atom. The first-order chi connectivity index (χ1) is 17.3. The number of nitrogens with zero attached hydrogens (tertiary/aromatic N) is 5. The summed E-state index contributed by atoms with van der Waals surface area (Å²) in [5.41, 5.74) is 0.372. The van der Waals surface area contributed by atoms with Crippen molar-refractivity contribution >= 4 is 28.8 Å². The standard InChI is InChI=1S/C12H11F4N3.C11H11ClF4N2/c1-17-11-6-10(9(13)7-18-11)19-4-2-8(3-5-19)12(14,15)16;12-10-5-9(8(13)6-17-10)18-3-1-7(2-4-18)11(14,15)16/h6-8H,2-5H2;5-7H,1-4H2. The molecule has 5 nitrogen and oxygen atoms in total. The fourth-order valence-corrected chi connectivity index (χ4v) is 4.41. The Morgan fingerprint density at radius 3 is 1.57 bits per heavy atom. The van der Waals surface area contributed by atoms with Crippen molar-refractivity contribution in [2.24, 2.45) is 11.8 Å². The van der Waals surface area contributed by atoms with Crippen LogP contribution in [-0.2, 0) is 0 Å². The first kappa shape index (κ1) is 28.7. The third-order valence-corrected chi connectivity index (χ3v) is 6.54. The quantitative estimate of drug-likeness (QED) is 0.223. The van der Waals surface area contributed by atoms with E-state index in [-0.39, 0.29) is 74.2 Å². The molecule has 2 aliphatic rings. The average Bonchev–Trinajstić information content (AvgIpc) is 2.85. The van der Waals surface area contributed by atoms with Crippen LogP contribution in [0.4, 0.5) is 52.3 Å². The predicted molar refractivity (Wildman–Crippen MR) is 122 cm³/mol. The molecule has 0 bridgehead atoms. The summed E-state index contributed by atoms with van der Waals surface area (Å²) in [6, 6.07) is 2.61. The zero-order valence-electron chi connectivity index (χ0n) is 19.3. The van der Waals surface area contributed by atoms with E-state index in [0.29, 0.717) is 0 Å². The topological polar surface area (TPSA) is 36.6 Å². The highest BCUT2D eigenvalue weighted by Crippen LogP contribution is 2.37. The molecule has 202 valence electrons. The van der Waals surface area contributed by atoms with Crippen molar-refractivity contribution in [2.75, 3.05) is 36.0 Å². The van der Waals surface area contributed by atoms with Crippen molar-refractivity contribution in [3.8, 4) is 0 Å². The lowest BCUT2D eigenvalue weighted by atomic mass is 9.96. The molecule has 0 radical (unpaired) electrons. The summed E-state index contributed by atoms with van der Waals surface area (Å²) in [5.74, 6) is -3.76. The van der Waals surface area contributed by atoms with E-state index in [1.54, 1.807) is 4.90 Å². The van der Waals surface area contributed by atoms with E-state index in [2.05, 4.69) is 14.8 Å². The second kappa shape index (κ2) is 11.7. The summed E-state index contributed by atoms with van der Waals surface area (Å²) in [6.07, 6.45) is -6.61. The Hall–Kier alpha value is -2.88. The molecule has 0 saturated carbocycles. The number of anilines is 2. The van der Waals surface area contributed by atoms with Gasteiger partial charge < -0.3 is 14.6 Å². The summed E-state index contributed by atoms with van der Waals surface area (Å²) in [6.45, 7) is 7.40. The van der Waals surface area contributed by atoms with Gasteiger partial charge in [-0.1, -0.05) is 18.2 Å². The van der Waals surface area contributed by atoms with Crippen LogP contribution in [0.2, 0.25) is 5.15 Å². The molecule has 0 spiro atoms. The first-order valence-electron chi connectivity index (χ1n) is 11.3. The number of halogens is 9. The zero-order valence-corrected chi connectivity index (χ0v) is 20.0. The van der Waals surface area contributed by atoms with Crippen LogP contribution in [0.3, 0.4) is 0 Å². The molecule has 0 atom stereocenters. The lowest BCUT2D eigenvalue weighted by Gasteiger charge is -2.34. The molecule has 0 aromatic carbocycles. The molecule has 0 unspecified atom stereocenters. The minimum Gasteiger partial charge on any atom is -0.370 e. The normalized spacial score (nSPS) is 17.7. The second-order valence-electron chi connectivity index (χ2n) is 8.67. The summed E-state index contributed by atoms with van der Waals surface area (Å²) >= 11 is 5.65. The Kier molecular flexibility index (Phi) is 9.05. The van der Waals surface area contributed by atoms with Gasteiger partial charge >= 0.3 is 12.4 Å². The van der Waals surface area contributed by atoms with Crippen molar-refractivity contribution in [3.05, 3.63) is 52.7 Å². The maximum absolute atomic E-state index is 13.6. The molecule has 2 saturated heterocycles. The van der Waals surface area contributed by atoms with Crippen molar-refractivity contribution < 1.29 is 35.1 Å². The molecule has 37 heavy (non-hydrogen) atoms. The molecule has 4 heterocycles. The fraction of sp³-hybridized carbons (Fsp3) is 0.522. The summed E-state index contributed by atoms with van der Waals surface area (Å²) < 4.78 is 102. The summed E-state index contributed by atoms with van der Waals surface area (Å²) in [7, 11) is 0. The van der Waals surface area contributed by atoms with Crippen LogP contribution in [0.1, 0.15) is 25.7 Å². The molecule has 4 rings (SSSR count). The van der Waals surface area contributed by atoms with Gasteiger partial charge in [-0.15, -0.1) is 4.98 Å². The number of pyridine rings is 2. The van der Waals surface area contributed by atoms with Crippen LogP contribution in [-0.4, -0.2) is 48.5 Å². The molecule has 14 heteroatoms. The van der Waals surface area contributed by atoms with Gasteiger partial charge in [0.15, 0.2) is 17.8 Å². The van der Waals surface area contributed by atoms with E-state index in [0.717, 1.165) is 12.4 Å². The van der Waals surface area contributed by atoms with Gasteiger partial charge in [0.2, 0.25) is 0 Å². The van der Waals surface area contributed by atoms with Crippen molar-refractivity contribution in [1.29, 1.82) is 0 Å². The maximum Gasteiger partial charge on any atom is 0.391 e. The Bertz CT molecular complexity index is 1100. The van der Waals surface area contributed by atoms with Crippen LogP contribution in [0.5, 0.6) is 0 Å². The predicted octanol–water partition coefficient (Wildman–Crippen LogP) is 7.20. The minimum atomic E-state index is -4.19. The summed E-state index contributed by atoms with van der Waals surface area (Å²) in [4.78, 5) is 13.3. The molecular formula is C23H22ClF8N5. The molecule has 0 amide bonds. The largest absolute Gasteiger partial charge is 0.391 e. The second-order valence-corrected chi connectivity index (χ2v) is 9.06. The van der Waals surface area contributed by atoms with Gasteiger partial charge in [-0.05, 0) is 31.7 Å². The minimum absolute atomic E-state index is 0.0249. The van der Waals surface area contributed by atoms with Crippen LogP contribution >= 0.6 is 11.6 Å². The number of rotatable bonds is 2. The Morgan fingerprint density at radius 2 is 1.16 bits per heavy atom. The number of alkyl halides is 6. The van der Waals surface area contributed by atoms with E-state index in [9.17, 15) is 35.1 Å². The molecule has 2 aliphatic heterocycles. The Labute approximate surface area is 212 Å². The lowest BCUT2D eigenvalue weighted by Crippen LogP contribution is -2.39. The van der Waals surface area contributed by atoms with Gasteiger partial charge in [0.25, 0.3) is 5.82 Å². The molecule has 2 aromatic heterocycles. The van der Waals surface area contributed by atoms with E-state index in [4.69, 9.17) is 18.2 Å². The number of hydrogen-bond acceptors (Lipinski definition) is 4. The van der Waals surface area contributed by atoms with Crippen LogP contribution in [0, 0.1) is 30.0 Å². The zero-order chi connectivity index (χ0) is 27.4. The van der Waals surface area contributed by atoms with Gasteiger partial charge in [-0.2, -0.15) is 26.3 Å². The molecule has 2 fully saturated rings. The molecular weight excluding hydrogens is 534 g/mol. The third-order valence-electron chi connectivity index (χ3n) is 6.33. The first-order valence-corrected chi connectivity index (χ1v) is 11.6. The average molecular weight is 556 g/mol. The fourth-order valence-electron chi connectivity index (χ4n) is 4.26. The van der Waals surface area contributed by atoms with E-state index >= 15 is 0 Å². The summed E-state index contributed by atoms with van der Waals surface area (Å²) in [5, 5.41) is 0.129. The molecule has 0 N–H and O–H groups in total. The molecule has 0 aliphatic carbocycles. The van der Waals surface area contributed by atoms with Crippen LogP contribution < -0.4 is 9.80 Å². The van der Waals surface area contributed by atoms with Gasteiger partial charge in [0.1, 0.15) is 5.15 Å². The lowest BCUT2D eigenvalue weighted by molar-refractivity contribution is -0.179. The highest BCUT2D eigenvalue weighted by Gasteiger charge is 2.42. The maximum atomic E-state index is 13.6. The van der Waals surface area contributed by atoms with Crippen molar-refractivity contribution in [2.45, 2.75) is 38.0 Å². The van der Waals surface area contributed by atoms with Crippen LogP contribution in [0.25, 0.3) is 4.85 Å². The third kappa shape index (κ3) is 7.56. The number of aromatic nitrogens is 2. The van der Waals surface area contributed by atoms with Crippen molar-refractivity contribution in [3.63, 3.8) is 0 Å². The Balaban J connectivity index is 0.000000206. The number of piperidine rings is 2. The van der Waals surface area contributed by atoms with Gasteiger partial charge in [0.05, 0.1) is 29.4 Å². The number of hydrogen-bond donors (Lipinski definition) is 0. The van der Waals surface area contributed by atoms with E-state index < -0.39 is 35.8 Å². The SMILES string of the molecule is Fc1cnc(Cl)cc1N1CCC(C(F)(F)F)CC1.[C-]#[N+]c1cc(N2CCC(C(F)(F)F)CC2)c(F)cn1. The van der Waals surface area contributed by atoms with E-state index in [1.807, 2.05) is 0 Å². The van der Waals surface area contributed by atoms with Gasteiger partial charge in [0, 0.05) is 32.2 Å². The highest BCUT2D eigenvalue weighted by molar-refractivity contribution is 6.29.